The van der Waals surface area contributed by atoms with Gasteiger partial charge < -0.3 is 5.32 Å². The maximum Gasteiger partial charge on any atom is 0.220 e. The molecule has 1 rings (SSSR count). The molecule has 0 aromatic carbocycles. The lowest BCUT2D eigenvalue weighted by atomic mass is 9.84. The molecule has 0 saturated carbocycles. The van der Waals surface area contributed by atoms with Gasteiger partial charge in [0.15, 0.2) is 0 Å². The highest BCUT2D eigenvalue weighted by Crippen LogP contribution is 2.28. The zero-order chi connectivity index (χ0) is 9.30. The van der Waals surface area contributed by atoms with E-state index in [9.17, 15) is 4.79 Å². The largest absolute Gasteiger partial charge is 0.353 e. The minimum atomic E-state index is 0.229. The number of hydrogen-bond acceptors (Lipinski definition) is 1. The first-order valence-corrected chi connectivity index (χ1v) is 4.81. The number of carbonyl (C=O) groups excluding carboxylic acids is 1. The second-order valence-electron chi connectivity index (χ2n) is 4.45. The molecular formula is C10H19NO. The van der Waals surface area contributed by atoms with E-state index in [-0.39, 0.29) is 5.91 Å². The lowest BCUT2D eigenvalue weighted by Crippen LogP contribution is -2.35. The third kappa shape index (κ3) is 1.79. The number of rotatable bonds is 2. The fourth-order valence-electron chi connectivity index (χ4n) is 2.00. The minimum Gasteiger partial charge on any atom is -0.353 e. The van der Waals surface area contributed by atoms with E-state index in [2.05, 4.69) is 33.0 Å². The molecular weight excluding hydrogens is 150 g/mol. The van der Waals surface area contributed by atoms with Crippen LogP contribution in [0.4, 0.5) is 0 Å². The number of amides is 1. The minimum absolute atomic E-state index is 0.229. The lowest BCUT2D eigenvalue weighted by molar-refractivity contribution is -0.119. The summed E-state index contributed by atoms with van der Waals surface area (Å²) in [5, 5.41) is 3.05. The first-order chi connectivity index (χ1) is 5.52. The Labute approximate surface area is 74.7 Å². The van der Waals surface area contributed by atoms with Gasteiger partial charge in [0.05, 0.1) is 0 Å². The molecule has 1 heterocycles. The molecule has 1 fully saturated rings. The zero-order valence-electron chi connectivity index (χ0n) is 8.42. The Morgan fingerprint density at radius 1 is 1.25 bits per heavy atom. The monoisotopic (exact) mass is 169 g/mol. The molecule has 1 amide bonds. The summed E-state index contributed by atoms with van der Waals surface area (Å²) in [4.78, 5) is 11.2. The van der Waals surface area contributed by atoms with Crippen LogP contribution in [0.3, 0.4) is 0 Å². The van der Waals surface area contributed by atoms with Gasteiger partial charge >= 0.3 is 0 Å². The lowest BCUT2D eigenvalue weighted by Gasteiger charge is -2.25. The first-order valence-electron chi connectivity index (χ1n) is 4.81. The van der Waals surface area contributed by atoms with Gasteiger partial charge in [-0.2, -0.15) is 0 Å². The fourth-order valence-corrected chi connectivity index (χ4v) is 2.00. The molecule has 1 aliphatic heterocycles. The van der Waals surface area contributed by atoms with Gasteiger partial charge in [0.2, 0.25) is 5.91 Å². The van der Waals surface area contributed by atoms with Gasteiger partial charge in [0.1, 0.15) is 0 Å². The van der Waals surface area contributed by atoms with Crippen molar-refractivity contribution in [2.24, 2.45) is 17.8 Å². The smallest absolute Gasteiger partial charge is 0.220 e. The Bertz CT molecular complexity index is 157. The first kappa shape index (κ1) is 9.56. The van der Waals surface area contributed by atoms with Gasteiger partial charge in [-0.05, 0) is 17.8 Å². The van der Waals surface area contributed by atoms with Crippen molar-refractivity contribution in [1.82, 2.24) is 5.32 Å². The van der Waals surface area contributed by atoms with Crippen molar-refractivity contribution in [3.05, 3.63) is 0 Å². The third-order valence-corrected chi connectivity index (χ3v) is 2.78. The van der Waals surface area contributed by atoms with Gasteiger partial charge in [0, 0.05) is 12.5 Å². The van der Waals surface area contributed by atoms with E-state index in [1.807, 2.05) is 0 Å². The number of hydrogen-bond donors (Lipinski definition) is 1. The van der Waals surface area contributed by atoms with Crippen LogP contribution in [0.5, 0.6) is 0 Å². The summed E-state index contributed by atoms with van der Waals surface area (Å²) in [5.41, 5.74) is 0. The standard InChI is InChI=1S/C10H19NO/c1-6(2)8-5-9(12)11-10(8)7(3)4/h6-8,10H,5H2,1-4H3,(H,11,12)/t8-,10+/m0/s1. The Balaban J connectivity index is 2.65. The van der Waals surface area contributed by atoms with Crippen LogP contribution >= 0.6 is 0 Å². The van der Waals surface area contributed by atoms with E-state index in [1.165, 1.54) is 0 Å². The zero-order valence-corrected chi connectivity index (χ0v) is 8.42. The van der Waals surface area contributed by atoms with Gasteiger partial charge in [-0.1, -0.05) is 27.7 Å². The molecule has 2 heteroatoms. The predicted octanol–water partition coefficient (Wildman–Crippen LogP) is 1.80. The Morgan fingerprint density at radius 3 is 2.17 bits per heavy atom. The molecule has 0 aromatic rings. The molecule has 0 radical (unpaired) electrons. The summed E-state index contributed by atoms with van der Waals surface area (Å²) in [6.45, 7) is 8.73. The van der Waals surface area contributed by atoms with Gasteiger partial charge in [-0.15, -0.1) is 0 Å². The summed E-state index contributed by atoms with van der Waals surface area (Å²) in [5.74, 6) is 1.94. The van der Waals surface area contributed by atoms with E-state index < -0.39 is 0 Å². The van der Waals surface area contributed by atoms with Crippen LogP contribution in [0.1, 0.15) is 34.1 Å². The molecule has 70 valence electrons. The third-order valence-electron chi connectivity index (χ3n) is 2.78. The number of nitrogens with one attached hydrogen (secondary N) is 1. The molecule has 12 heavy (non-hydrogen) atoms. The molecule has 1 saturated heterocycles. The molecule has 0 unspecified atom stereocenters. The Morgan fingerprint density at radius 2 is 1.83 bits per heavy atom. The van der Waals surface area contributed by atoms with Crippen molar-refractivity contribution in [2.75, 3.05) is 0 Å². The Hall–Kier alpha value is -0.530. The molecule has 2 atom stereocenters. The normalized spacial score (nSPS) is 30.0. The van der Waals surface area contributed by atoms with Crippen LogP contribution in [-0.4, -0.2) is 11.9 Å². The second kappa shape index (κ2) is 3.46. The van der Waals surface area contributed by atoms with Crippen molar-refractivity contribution >= 4 is 5.91 Å². The summed E-state index contributed by atoms with van der Waals surface area (Å²) in [7, 11) is 0. The topological polar surface area (TPSA) is 29.1 Å². The predicted molar refractivity (Wildman–Crippen MR) is 49.7 cm³/mol. The maximum atomic E-state index is 11.2. The van der Waals surface area contributed by atoms with Crippen LogP contribution in [0.2, 0.25) is 0 Å². The van der Waals surface area contributed by atoms with Crippen LogP contribution in [0, 0.1) is 17.8 Å². The molecule has 0 bridgehead atoms. The van der Waals surface area contributed by atoms with Crippen LogP contribution in [-0.2, 0) is 4.79 Å². The van der Waals surface area contributed by atoms with E-state index in [1.54, 1.807) is 0 Å². The van der Waals surface area contributed by atoms with Crippen molar-refractivity contribution in [3.8, 4) is 0 Å². The Kier molecular flexibility index (Phi) is 2.76. The molecule has 0 aliphatic carbocycles. The molecule has 0 aromatic heterocycles. The van der Waals surface area contributed by atoms with E-state index in [0.717, 1.165) is 6.42 Å². The average molecular weight is 169 g/mol. The highest BCUT2D eigenvalue weighted by molar-refractivity contribution is 5.79. The van der Waals surface area contributed by atoms with E-state index >= 15 is 0 Å². The average Bonchev–Trinajstić information content (AvgIpc) is 2.31. The summed E-state index contributed by atoms with van der Waals surface area (Å²) in [6, 6.07) is 0.400. The fraction of sp³-hybridized carbons (Fsp3) is 0.900. The van der Waals surface area contributed by atoms with Crippen LogP contribution in [0.25, 0.3) is 0 Å². The quantitative estimate of drug-likeness (QED) is 0.671. The summed E-state index contributed by atoms with van der Waals surface area (Å²) in [6.07, 6.45) is 0.723. The van der Waals surface area contributed by atoms with E-state index in [0.29, 0.717) is 23.8 Å². The van der Waals surface area contributed by atoms with Crippen molar-refractivity contribution in [3.63, 3.8) is 0 Å². The van der Waals surface area contributed by atoms with Gasteiger partial charge in [0.25, 0.3) is 0 Å². The summed E-state index contributed by atoms with van der Waals surface area (Å²) < 4.78 is 0. The SMILES string of the molecule is CC(C)[C@H]1NC(=O)C[C@H]1C(C)C. The van der Waals surface area contributed by atoms with Crippen molar-refractivity contribution < 1.29 is 4.79 Å². The molecule has 1 N–H and O–H groups in total. The number of carbonyl (C=O) groups is 1. The molecule has 2 nitrogen and oxygen atoms in total. The van der Waals surface area contributed by atoms with Gasteiger partial charge in [-0.25, -0.2) is 0 Å². The highest BCUT2D eigenvalue weighted by Gasteiger charge is 2.35. The highest BCUT2D eigenvalue weighted by atomic mass is 16.2. The molecule has 0 spiro atoms. The maximum absolute atomic E-state index is 11.2. The van der Waals surface area contributed by atoms with Crippen molar-refractivity contribution in [1.29, 1.82) is 0 Å². The summed E-state index contributed by atoms with van der Waals surface area (Å²) >= 11 is 0. The van der Waals surface area contributed by atoms with Gasteiger partial charge in [-0.3, -0.25) is 4.79 Å². The second-order valence-corrected chi connectivity index (χ2v) is 4.45. The van der Waals surface area contributed by atoms with Crippen LogP contribution in [0.15, 0.2) is 0 Å². The van der Waals surface area contributed by atoms with Crippen LogP contribution < -0.4 is 5.32 Å². The molecule has 1 aliphatic rings. The van der Waals surface area contributed by atoms with E-state index in [4.69, 9.17) is 0 Å². The van der Waals surface area contributed by atoms with Crippen molar-refractivity contribution in [2.45, 2.75) is 40.2 Å².